The molecule has 0 bridgehead atoms. The SMILES string of the molecule is CCN(CC)CCCN(CC)CC(=O)c1ccc(Br)s1. The van der Waals surface area contributed by atoms with Gasteiger partial charge in [0.2, 0.25) is 0 Å². The molecule has 0 N–H and O–H groups in total. The van der Waals surface area contributed by atoms with Crippen LogP contribution in [0.1, 0.15) is 36.9 Å². The molecule has 0 aliphatic carbocycles. The van der Waals surface area contributed by atoms with Crippen LogP contribution in [0.25, 0.3) is 0 Å². The molecule has 0 saturated heterocycles. The van der Waals surface area contributed by atoms with Crippen LogP contribution in [0.2, 0.25) is 0 Å². The van der Waals surface area contributed by atoms with Gasteiger partial charge in [0.25, 0.3) is 0 Å². The Morgan fingerprint density at radius 2 is 1.70 bits per heavy atom. The Morgan fingerprint density at radius 1 is 1.10 bits per heavy atom. The fraction of sp³-hybridized carbons (Fsp3) is 0.667. The lowest BCUT2D eigenvalue weighted by atomic mass is 10.2. The molecule has 0 fully saturated rings. The number of ketones is 1. The van der Waals surface area contributed by atoms with Crippen molar-refractivity contribution in [2.24, 2.45) is 0 Å². The molecule has 1 heterocycles. The van der Waals surface area contributed by atoms with E-state index in [1.165, 1.54) is 11.3 Å². The number of hydrogen-bond donors (Lipinski definition) is 0. The van der Waals surface area contributed by atoms with Gasteiger partial charge in [0.05, 0.1) is 15.2 Å². The summed E-state index contributed by atoms with van der Waals surface area (Å²) in [4.78, 5) is 17.7. The third kappa shape index (κ3) is 6.04. The van der Waals surface area contributed by atoms with Crippen LogP contribution in [0.15, 0.2) is 15.9 Å². The molecule has 1 aromatic heterocycles. The summed E-state index contributed by atoms with van der Waals surface area (Å²) in [6.45, 7) is 12.3. The van der Waals surface area contributed by atoms with Crippen LogP contribution in [0.5, 0.6) is 0 Å². The summed E-state index contributed by atoms with van der Waals surface area (Å²) in [7, 11) is 0. The maximum Gasteiger partial charge on any atom is 0.186 e. The lowest BCUT2D eigenvalue weighted by Gasteiger charge is -2.22. The first kappa shape index (κ1) is 17.8. The van der Waals surface area contributed by atoms with Gasteiger partial charge in [0, 0.05) is 0 Å². The Labute approximate surface area is 135 Å². The van der Waals surface area contributed by atoms with Crippen molar-refractivity contribution >= 4 is 33.0 Å². The molecule has 20 heavy (non-hydrogen) atoms. The minimum Gasteiger partial charge on any atom is -0.304 e. The van der Waals surface area contributed by atoms with Crippen LogP contribution in [0, 0.1) is 0 Å². The minimum absolute atomic E-state index is 0.227. The van der Waals surface area contributed by atoms with Crippen LogP contribution in [-0.2, 0) is 0 Å². The van der Waals surface area contributed by atoms with Crippen LogP contribution in [-0.4, -0.2) is 54.9 Å². The van der Waals surface area contributed by atoms with Crippen LogP contribution in [0.3, 0.4) is 0 Å². The molecule has 1 aromatic rings. The predicted molar refractivity (Wildman–Crippen MR) is 90.9 cm³/mol. The van der Waals surface area contributed by atoms with Gasteiger partial charge in [-0.1, -0.05) is 20.8 Å². The van der Waals surface area contributed by atoms with Crippen LogP contribution in [0.4, 0.5) is 0 Å². The first-order chi connectivity index (χ1) is 9.60. The quantitative estimate of drug-likeness (QED) is 0.593. The molecule has 0 aliphatic rings. The molecule has 0 radical (unpaired) electrons. The Balaban J connectivity index is 2.37. The molecule has 0 spiro atoms. The van der Waals surface area contributed by atoms with Crippen molar-refractivity contribution in [3.8, 4) is 0 Å². The monoisotopic (exact) mass is 360 g/mol. The van der Waals surface area contributed by atoms with E-state index in [2.05, 4.69) is 46.5 Å². The largest absolute Gasteiger partial charge is 0.304 e. The number of nitrogens with zero attached hydrogens (tertiary/aromatic N) is 2. The summed E-state index contributed by atoms with van der Waals surface area (Å²) < 4.78 is 1.02. The molecule has 0 aliphatic heterocycles. The highest BCUT2D eigenvalue weighted by atomic mass is 79.9. The fourth-order valence-corrected chi connectivity index (χ4v) is 3.47. The van der Waals surface area contributed by atoms with Gasteiger partial charge in [-0.25, -0.2) is 0 Å². The van der Waals surface area contributed by atoms with E-state index in [0.29, 0.717) is 6.54 Å². The lowest BCUT2D eigenvalue weighted by molar-refractivity contribution is 0.0934. The standard InChI is InChI=1S/C15H25BrN2OS/c1-4-17(5-2)10-7-11-18(6-3)12-13(19)14-8-9-15(16)20-14/h8-9H,4-7,10-12H2,1-3H3. The van der Waals surface area contributed by atoms with Gasteiger partial charge in [-0.05, 0) is 67.2 Å². The van der Waals surface area contributed by atoms with E-state index in [4.69, 9.17) is 0 Å². The molecule has 5 heteroatoms. The van der Waals surface area contributed by atoms with Gasteiger partial charge >= 0.3 is 0 Å². The van der Waals surface area contributed by atoms with Crippen molar-refractivity contribution in [3.05, 3.63) is 20.8 Å². The zero-order valence-corrected chi connectivity index (χ0v) is 15.1. The smallest absolute Gasteiger partial charge is 0.186 e. The Morgan fingerprint density at radius 3 is 2.20 bits per heavy atom. The average Bonchev–Trinajstić information content (AvgIpc) is 2.89. The number of thiophene rings is 1. The highest BCUT2D eigenvalue weighted by Crippen LogP contribution is 2.22. The Hall–Kier alpha value is -0.230. The van der Waals surface area contributed by atoms with Gasteiger partial charge in [0.15, 0.2) is 5.78 Å². The van der Waals surface area contributed by atoms with Crippen molar-refractivity contribution in [1.82, 2.24) is 9.80 Å². The second-order valence-corrected chi connectivity index (χ2v) is 7.24. The van der Waals surface area contributed by atoms with Crippen molar-refractivity contribution in [2.45, 2.75) is 27.2 Å². The topological polar surface area (TPSA) is 23.6 Å². The predicted octanol–water partition coefficient (Wildman–Crippen LogP) is 3.75. The van der Waals surface area contributed by atoms with Crippen LogP contribution < -0.4 is 0 Å². The normalized spacial score (nSPS) is 11.5. The highest BCUT2D eigenvalue weighted by molar-refractivity contribution is 9.11. The molecular formula is C15H25BrN2OS. The van der Waals surface area contributed by atoms with Crippen LogP contribution >= 0.6 is 27.3 Å². The molecule has 0 unspecified atom stereocenters. The fourth-order valence-electron chi connectivity index (χ4n) is 2.15. The van der Waals surface area contributed by atoms with Gasteiger partial charge in [-0.2, -0.15) is 0 Å². The Bertz CT molecular complexity index is 404. The molecular weight excluding hydrogens is 336 g/mol. The number of carbonyl (C=O) groups excluding carboxylic acids is 1. The summed E-state index contributed by atoms with van der Waals surface area (Å²) in [5, 5.41) is 0. The van der Waals surface area contributed by atoms with Crippen molar-refractivity contribution in [2.75, 3.05) is 39.3 Å². The number of hydrogen-bond acceptors (Lipinski definition) is 4. The average molecular weight is 361 g/mol. The maximum atomic E-state index is 12.2. The summed E-state index contributed by atoms with van der Waals surface area (Å²) in [6.07, 6.45) is 1.12. The molecule has 3 nitrogen and oxygen atoms in total. The van der Waals surface area contributed by atoms with Gasteiger partial charge in [-0.3, -0.25) is 9.69 Å². The van der Waals surface area contributed by atoms with Gasteiger partial charge in [0.1, 0.15) is 0 Å². The summed E-state index contributed by atoms with van der Waals surface area (Å²) in [6, 6.07) is 3.84. The number of rotatable bonds is 10. The number of halogens is 1. The molecule has 0 aromatic carbocycles. The number of likely N-dealkylation sites (N-methyl/N-ethyl adjacent to an activating group) is 1. The lowest BCUT2D eigenvalue weighted by Crippen LogP contribution is -2.33. The third-order valence-corrected chi connectivity index (χ3v) is 5.17. The van der Waals surface area contributed by atoms with Crippen molar-refractivity contribution < 1.29 is 4.79 Å². The zero-order valence-electron chi connectivity index (χ0n) is 12.7. The summed E-state index contributed by atoms with van der Waals surface area (Å²) in [5.74, 6) is 0.227. The molecule has 0 saturated carbocycles. The summed E-state index contributed by atoms with van der Waals surface area (Å²) >= 11 is 4.92. The van der Waals surface area contributed by atoms with E-state index < -0.39 is 0 Å². The molecule has 0 amide bonds. The second kappa shape index (κ2) is 9.66. The second-order valence-electron chi connectivity index (χ2n) is 4.78. The molecule has 0 atom stereocenters. The van der Waals surface area contributed by atoms with E-state index in [9.17, 15) is 4.79 Å². The third-order valence-electron chi connectivity index (χ3n) is 3.51. The number of carbonyl (C=O) groups is 1. The van der Waals surface area contributed by atoms with E-state index in [-0.39, 0.29) is 5.78 Å². The highest BCUT2D eigenvalue weighted by Gasteiger charge is 2.13. The first-order valence-electron chi connectivity index (χ1n) is 7.33. The maximum absolute atomic E-state index is 12.2. The van der Waals surface area contributed by atoms with E-state index in [1.54, 1.807) is 0 Å². The number of Topliss-reactive ketones (excluding diaryl/α,β-unsaturated/α-hetero) is 1. The zero-order chi connectivity index (χ0) is 15.0. The van der Waals surface area contributed by atoms with Gasteiger partial charge < -0.3 is 4.90 Å². The van der Waals surface area contributed by atoms with E-state index >= 15 is 0 Å². The van der Waals surface area contributed by atoms with E-state index in [1.807, 2.05) is 12.1 Å². The molecule has 1 rings (SSSR count). The first-order valence-corrected chi connectivity index (χ1v) is 8.94. The van der Waals surface area contributed by atoms with E-state index in [0.717, 1.165) is 47.8 Å². The Kier molecular flexibility index (Phi) is 8.61. The summed E-state index contributed by atoms with van der Waals surface area (Å²) in [5.41, 5.74) is 0. The van der Waals surface area contributed by atoms with Crippen molar-refractivity contribution in [3.63, 3.8) is 0 Å². The van der Waals surface area contributed by atoms with Crippen molar-refractivity contribution in [1.29, 1.82) is 0 Å². The minimum atomic E-state index is 0.227. The van der Waals surface area contributed by atoms with Gasteiger partial charge in [-0.15, -0.1) is 11.3 Å². The molecule has 114 valence electrons.